The summed E-state index contributed by atoms with van der Waals surface area (Å²) >= 11 is 3.34. The van der Waals surface area contributed by atoms with Gasteiger partial charge in [-0.3, -0.25) is 0 Å². The first-order chi connectivity index (χ1) is 7.18. The average molecular weight is 272 g/mol. The van der Waals surface area contributed by atoms with Gasteiger partial charge in [0.2, 0.25) is 0 Å². The number of phenols is 1. The quantitative estimate of drug-likeness (QED) is 0.822. The third-order valence-electron chi connectivity index (χ3n) is 2.58. The molecule has 0 bridgehead atoms. The molecule has 82 valence electrons. The summed E-state index contributed by atoms with van der Waals surface area (Å²) < 4.78 is 6.38. The van der Waals surface area contributed by atoms with Crippen molar-refractivity contribution >= 4 is 15.9 Å². The van der Waals surface area contributed by atoms with Gasteiger partial charge in [0.1, 0.15) is 5.75 Å². The molecule has 1 unspecified atom stereocenters. The van der Waals surface area contributed by atoms with Crippen LogP contribution in [-0.2, 0) is 4.74 Å². The zero-order chi connectivity index (χ0) is 10.8. The van der Waals surface area contributed by atoms with E-state index in [-0.39, 0.29) is 6.10 Å². The van der Waals surface area contributed by atoms with E-state index in [9.17, 15) is 5.11 Å². The molecule has 1 aromatic rings. The molecule has 1 atom stereocenters. The number of nitrogens with one attached hydrogen (secondary N) is 1. The molecule has 0 aliphatic carbocycles. The number of phenolic OH excluding ortho intramolecular Hbond substituents is 1. The molecular formula is C11H14BrNO2. The van der Waals surface area contributed by atoms with Gasteiger partial charge in [-0.2, -0.15) is 0 Å². The van der Waals surface area contributed by atoms with E-state index in [4.69, 9.17) is 4.74 Å². The minimum Gasteiger partial charge on any atom is -0.506 e. The van der Waals surface area contributed by atoms with Crippen LogP contribution in [0.2, 0.25) is 0 Å². The molecule has 2 N–H and O–H groups in total. The van der Waals surface area contributed by atoms with E-state index in [0.29, 0.717) is 5.75 Å². The molecule has 1 aliphatic rings. The molecule has 4 heteroatoms. The Kier molecular flexibility index (Phi) is 3.29. The Morgan fingerprint density at radius 1 is 1.53 bits per heavy atom. The van der Waals surface area contributed by atoms with Crippen LogP contribution in [0.4, 0.5) is 0 Å². The molecule has 0 amide bonds. The number of hydrogen-bond acceptors (Lipinski definition) is 3. The van der Waals surface area contributed by atoms with Crippen LogP contribution in [0.3, 0.4) is 0 Å². The summed E-state index contributed by atoms with van der Waals surface area (Å²) in [6, 6.07) is 3.89. The predicted octanol–water partition coefficient (Wildman–Crippen LogP) is 2.12. The van der Waals surface area contributed by atoms with Gasteiger partial charge in [0.25, 0.3) is 0 Å². The molecule has 15 heavy (non-hydrogen) atoms. The molecule has 0 spiro atoms. The van der Waals surface area contributed by atoms with Crippen molar-refractivity contribution in [3.8, 4) is 5.75 Å². The second-order valence-electron chi connectivity index (χ2n) is 3.73. The lowest BCUT2D eigenvalue weighted by Crippen LogP contribution is -2.33. The highest BCUT2D eigenvalue weighted by atomic mass is 79.9. The van der Waals surface area contributed by atoms with Gasteiger partial charge in [0.15, 0.2) is 0 Å². The third-order valence-corrected chi connectivity index (χ3v) is 3.18. The van der Waals surface area contributed by atoms with Gasteiger partial charge in [-0.25, -0.2) is 0 Å². The molecule has 1 saturated heterocycles. The van der Waals surface area contributed by atoms with E-state index in [0.717, 1.165) is 35.3 Å². The number of aromatic hydroxyl groups is 1. The van der Waals surface area contributed by atoms with Gasteiger partial charge >= 0.3 is 0 Å². The Morgan fingerprint density at radius 2 is 2.33 bits per heavy atom. The van der Waals surface area contributed by atoms with Gasteiger partial charge in [0.05, 0.1) is 17.2 Å². The van der Waals surface area contributed by atoms with Crippen molar-refractivity contribution in [2.24, 2.45) is 0 Å². The molecule has 1 aliphatic heterocycles. The second-order valence-corrected chi connectivity index (χ2v) is 4.59. The summed E-state index contributed by atoms with van der Waals surface area (Å²) in [7, 11) is 0. The maximum absolute atomic E-state index is 9.63. The van der Waals surface area contributed by atoms with E-state index < -0.39 is 0 Å². The normalized spacial score (nSPS) is 21.6. The predicted molar refractivity (Wildman–Crippen MR) is 62.1 cm³/mol. The number of hydrogen-bond donors (Lipinski definition) is 2. The molecule has 1 aromatic carbocycles. The first-order valence-corrected chi connectivity index (χ1v) is 5.79. The third kappa shape index (κ3) is 2.33. The number of benzene rings is 1. The molecule has 1 fully saturated rings. The fourth-order valence-corrected chi connectivity index (χ4v) is 2.31. The van der Waals surface area contributed by atoms with Gasteiger partial charge in [-0.15, -0.1) is 0 Å². The van der Waals surface area contributed by atoms with Gasteiger partial charge in [0, 0.05) is 13.1 Å². The number of morpholine rings is 1. The lowest BCUT2D eigenvalue weighted by atomic mass is 10.1. The summed E-state index contributed by atoms with van der Waals surface area (Å²) in [5.74, 6) is 0.308. The molecular weight excluding hydrogens is 258 g/mol. The number of ether oxygens (including phenoxy) is 1. The minimum absolute atomic E-state index is 0.0920. The Balaban J connectivity index is 2.27. The summed E-state index contributed by atoms with van der Waals surface area (Å²) in [5, 5.41) is 12.9. The Hall–Kier alpha value is -0.580. The zero-order valence-corrected chi connectivity index (χ0v) is 10.2. The first kappa shape index (κ1) is 10.9. The van der Waals surface area contributed by atoms with Gasteiger partial charge < -0.3 is 15.2 Å². The van der Waals surface area contributed by atoms with E-state index in [1.165, 1.54) is 0 Å². The van der Waals surface area contributed by atoms with Crippen molar-refractivity contribution in [2.45, 2.75) is 13.0 Å². The number of rotatable bonds is 1. The average Bonchev–Trinajstić information content (AvgIpc) is 2.26. The zero-order valence-electron chi connectivity index (χ0n) is 8.59. The van der Waals surface area contributed by atoms with Crippen molar-refractivity contribution in [1.29, 1.82) is 0 Å². The number of aryl methyl sites for hydroxylation is 1. The highest BCUT2D eigenvalue weighted by molar-refractivity contribution is 9.10. The van der Waals surface area contributed by atoms with Crippen molar-refractivity contribution < 1.29 is 9.84 Å². The van der Waals surface area contributed by atoms with E-state index in [1.807, 2.05) is 19.1 Å². The highest BCUT2D eigenvalue weighted by Gasteiger charge is 2.17. The summed E-state index contributed by atoms with van der Waals surface area (Å²) in [6.45, 7) is 4.37. The lowest BCUT2D eigenvalue weighted by Gasteiger charge is -2.24. The minimum atomic E-state index is 0.0920. The van der Waals surface area contributed by atoms with Crippen LogP contribution in [0.15, 0.2) is 16.6 Å². The Labute approximate surface area is 97.6 Å². The van der Waals surface area contributed by atoms with Crippen molar-refractivity contribution in [3.05, 3.63) is 27.7 Å². The van der Waals surface area contributed by atoms with E-state index in [1.54, 1.807) is 0 Å². The van der Waals surface area contributed by atoms with Crippen molar-refractivity contribution in [3.63, 3.8) is 0 Å². The van der Waals surface area contributed by atoms with Crippen LogP contribution in [-0.4, -0.2) is 24.8 Å². The molecule has 0 aromatic heterocycles. The van der Waals surface area contributed by atoms with E-state index in [2.05, 4.69) is 21.2 Å². The lowest BCUT2D eigenvalue weighted by molar-refractivity contribution is 0.0276. The molecule has 3 nitrogen and oxygen atoms in total. The molecule has 0 radical (unpaired) electrons. The smallest absolute Gasteiger partial charge is 0.132 e. The maximum atomic E-state index is 9.63. The van der Waals surface area contributed by atoms with Gasteiger partial charge in [-0.05, 0) is 46.1 Å². The maximum Gasteiger partial charge on any atom is 0.132 e. The second kappa shape index (κ2) is 4.51. The molecule has 1 heterocycles. The Morgan fingerprint density at radius 3 is 2.93 bits per heavy atom. The van der Waals surface area contributed by atoms with Gasteiger partial charge in [-0.1, -0.05) is 0 Å². The van der Waals surface area contributed by atoms with Crippen molar-refractivity contribution in [1.82, 2.24) is 5.32 Å². The van der Waals surface area contributed by atoms with Crippen LogP contribution >= 0.6 is 15.9 Å². The summed E-state index contributed by atoms with van der Waals surface area (Å²) in [6.07, 6.45) is 0.0920. The monoisotopic (exact) mass is 271 g/mol. The molecule has 2 rings (SSSR count). The van der Waals surface area contributed by atoms with E-state index >= 15 is 0 Å². The standard InChI is InChI=1S/C11H14BrNO2/c1-7-4-8(5-9(12)11(7)14)10-6-13-2-3-15-10/h4-5,10,13-14H,2-3,6H2,1H3. The first-order valence-electron chi connectivity index (χ1n) is 5.00. The van der Waals surface area contributed by atoms with Crippen LogP contribution < -0.4 is 5.32 Å². The summed E-state index contributed by atoms with van der Waals surface area (Å²) in [4.78, 5) is 0. The fraction of sp³-hybridized carbons (Fsp3) is 0.455. The van der Waals surface area contributed by atoms with Crippen molar-refractivity contribution in [2.75, 3.05) is 19.7 Å². The SMILES string of the molecule is Cc1cc(C2CNCCO2)cc(Br)c1O. The molecule has 0 saturated carbocycles. The Bertz CT molecular complexity index is 339. The number of halogens is 1. The topological polar surface area (TPSA) is 41.5 Å². The van der Waals surface area contributed by atoms with Crippen LogP contribution in [0, 0.1) is 6.92 Å². The van der Waals surface area contributed by atoms with Crippen LogP contribution in [0.5, 0.6) is 5.75 Å². The van der Waals surface area contributed by atoms with Crippen LogP contribution in [0.25, 0.3) is 0 Å². The van der Waals surface area contributed by atoms with Crippen LogP contribution in [0.1, 0.15) is 17.2 Å². The largest absolute Gasteiger partial charge is 0.506 e. The summed E-state index contributed by atoms with van der Waals surface area (Å²) in [5.41, 5.74) is 1.97. The highest BCUT2D eigenvalue weighted by Crippen LogP contribution is 2.32. The fourth-order valence-electron chi connectivity index (χ4n) is 1.73.